The van der Waals surface area contributed by atoms with Crippen molar-refractivity contribution >= 4 is 22.9 Å². The van der Waals surface area contributed by atoms with Crippen LogP contribution in [0.25, 0.3) is 10.6 Å². The van der Waals surface area contributed by atoms with Crippen molar-refractivity contribution in [3.05, 3.63) is 76.0 Å². The number of rotatable bonds is 1. The molecule has 0 spiro atoms. The van der Waals surface area contributed by atoms with Gasteiger partial charge < -0.3 is 0 Å². The molecule has 1 aliphatic carbocycles. The maximum atomic E-state index is 13.4. The molecule has 1 aliphatic rings. The normalized spacial score (nSPS) is 13.0. The van der Waals surface area contributed by atoms with Gasteiger partial charge in [-0.3, -0.25) is 9.59 Å². The highest BCUT2D eigenvalue weighted by atomic mass is 32.1. The molecule has 1 heterocycles. The van der Waals surface area contributed by atoms with Gasteiger partial charge in [-0.25, -0.2) is 9.37 Å². The zero-order valence-corrected chi connectivity index (χ0v) is 12.0. The van der Waals surface area contributed by atoms with Crippen molar-refractivity contribution in [1.29, 1.82) is 0 Å². The minimum absolute atomic E-state index is 0.112. The van der Waals surface area contributed by atoms with Gasteiger partial charge in [-0.2, -0.15) is 0 Å². The fourth-order valence-corrected chi connectivity index (χ4v) is 3.51. The highest BCUT2D eigenvalue weighted by Crippen LogP contribution is 2.35. The number of nitrogens with zero attached hydrogens (tertiary/aromatic N) is 1. The van der Waals surface area contributed by atoms with E-state index in [4.69, 9.17) is 0 Å². The van der Waals surface area contributed by atoms with Crippen LogP contribution in [0.1, 0.15) is 31.3 Å². The van der Waals surface area contributed by atoms with Gasteiger partial charge in [0, 0.05) is 16.7 Å². The lowest BCUT2D eigenvalue weighted by Gasteiger charge is -2.12. The van der Waals surface area contributed by atoms with E-state index in [0.717, 1.165) is 11.6 Å². The standard InChI is InChI=1S/C17H8FNO2S/c18-10-6-7-11-12(8-10)15(21)16-13(14(11)20)19-17(22-16)9-4-2-1-3-5-9/h1-8H. The minimum atomic E-state index is -0.531. The van der Waals surface area contributed by atoms with E-state index in [1.165, 1.54) is 23.5 Å². The number of benzene rings is 2. The number of carbonyl (C=O) groups is 2. The van der Waals surface area contributed by atoms with Crippen LogP contribution in [0.2, 0.25) is 0 Å². The quantitative estimate of drug-likeness (QED) is 0.538. The number of hydrogen-bond donors (Lipinski definition) is 0. The third-order valence-corrected chi connectivity index (χ3v) is 4.64. The summed E-state index contributed by atoms with van der Waals surface area (Å²) >= 11 is 1.17. The van der Waals surface area contributed by atoms with Gasteiger partial charge in [0.05, 0.1) is 0 Å². The van der Waals surface area contributed by atoms with Crippen molar-refractivity contribution < 1.29 is 14.0 Å². The molecule has 5 heteroatoms. The summed E-state index contributed by atoms with van der Waals surface area (Å²) in [6.45, 7) is 0. The fourth-order valence-electron chi connectivity index (χ4n) is 2.48. The number of thiazole rings is 1. The van der Waals surface area contributed by atoms with Crippen LogP contribution in [0.15, 0.2) is 48.5 Å². The second kappa shape index (κ2) is 4.68. The molecule has 3 aromatic rings. The summed E-state index contributed by atoms with van der Waals surface area (Å²) in [7, 11) is 0. The van der Waals surface area contributed by atoms with E-state index in [-0.39, 0.29) is 33.3 Å². The molecule has 0 amide bonds. The van der Waals surface area contributed by atoms with Crippen LogP contribution in [0, 0.1) is 5.82 Å². The summed E-state index contributed by atoms with van der Waals surface area (Å²) in [5, 5.41) is 0.612. The molecule has 106 valence electrons. The third-order valence-electron chi connectivity index (χ3n) is 3.54. The van der Waals surface area contributed by atoms with Crippen molar-refractivity contribution in [2.24, 2.45) is 0 Å². The minimum Gasteiger partial charge on any atom is -0.288 e. The van der Waals surface area contributed by atoms with Crippen LogP contribution >= 0.6 is 11.3 Å². The molecule has 0 radical (unpaired) electrons. The fraction of sp³-hybridized carbons (Fsp3) is 0. The topological polar surface area (TPSA) is 47.0 Å². The Morgan fingerprint density at radius 3 is 2.45 bits per heavy atom. The molecule has 3 nitrogen and oxygen atoms in total. The van der Waals surface area contributed by atoms with E-state index in [0.29, 0.717) is 5.01 Å². The monoisotopic (exact) mass is 309 g/mol. The van der Waals surface area contributed by atoms with E-state index in [1.807, 2.05) is 30.3 Å². The maximum Gasteiger partial charge on any atom is 0.213 e. The lowest BCUT2D eigenvalue weighted by molar-refractivity contribution is 0.0979. The first kappa shape index (κ1) is 13.0. The molecule has 1 aromatic heterocycles. The Morgan fingerprint density at radius 1 is 0.909 bits per heavy atom. The van der Waals surface area contributed by atoms with Gasteiger partial charge in [0.25, 0.3) is 0 Å². The third kappa shape index (κ3) is 1.83. The van der Waals surface area contributed by atoms with Crippen LogP contribution in [-0.2, 0) is 0 Å². The van der Waals surface area contributed by atoms with Gasteiger partial charge >= 0.3 is 0 Å². The van der Waals surface area contributed by atoms with Crippen LogP contribution in [0.3, 0.4) is 0 Å². The van der Waals surface area contributed by atoms with Gasteiger partial charge in [-0.1, -0.05) is 30.3 Å². The summed E-state index contributed by atoms with van der Waals surface area (Å²) in [6, 6.07) is 13.0. The Morgan fingerprint density at radius 2 is 1.68 bits per heavy atom. The molecular formula is C17H8FNO2S. The molecule has 0 saturated carbocycles. The first-order valence-electron chi connectivity index (χ1n) is 6.60. The number of aromatic nitrogens is 1. The lowest BCUT2D eigenvalue weighted by atomic mass is 9.91. The molecule has 0 bridgehead atoms. The molecule has 0 atom stereocenters. The smallest absolute Gasteiger partial charge is 0.213 e. The first-order chi connectivity index (χ1) is 10.6. The Labute approximate surface area is 129 Å². The number of hydrogen-bond acceptors (Lipinski definition) is 4. The van der Waals surface area contributed by atoms with E-state index in [9.17, 15) is 14.0 Å². The summed E-state index contributed by atoms with van der Waals surface area (Å²) in [4.78, 5) is 29.6. The zero-order valence-electron chi connectivity index (χ0n) is 11.2. The molecule has 22 heavy (non-hydrogen) atoms. The van der Waals surface area contributed by atoms with Crippen molar-refractivity contribution in [2.45, 2.75) is 0 Å². The summed E-state index contributed by atoms with van der Waals surface area (Å²) in [5.41, 5.74) is 1.33. The number of halogens is 1. The van der Waals surface area contributed by atoms with Gasteiger partial charge in [0.15, 0.2) is 0 Å². The highest BCUT2D eigenvalue weighted by Gasteiger charge is 2.33. The molecule has 0 N–H and O–H groups in total. The SMILES string of the molecule is O=C1c2ccc(F)cc2C(=O)c2sc(-c3ccccc3)nc21. The maximum absolute atomic E-state index is 13.4. The van der Waals surface area contributed by atoms with Crippen molar-refractivity contribution in [3.63, 3.8) is 0 Å². The first-order valence-corrected chi connectivity index (χ1v) is 7.42. The van der Waals surface area contributed by atoms with Gasteiger partial charge in [0.2, 0.25) is 11.6 Å². The van der Waals surface area contributed by atoms with Crippen LogP contribution in [0.5, 0.6) is 0 Å². The lowest BCUT2D eigenvalue weighted by Crippen LogP contribution is -2.19. The predicted octanol–water partition coefficient (Wildman–Crippen LogP) is 3.72. The molecule has 2 aromatic carbocycles. The van der Waals surface area contributed by atoms with Crippen molar-refractivity contribution in [2.75, 3.05) is 0 Å². The van der Waals surface area contributed by atoms with Gasteiger partial charge in [-0.05, 0) is 18.2 Å². The Hall–Kier alpha value is -2.66. The van der Waals surface area contributed by atoms with E-state index >= 15 is 0 Å². The number of fused-ring (bicyclic) bond motifs is 2. The van der Waals surface area contributed by atoms with Gasteiger partial charge in [-0.15, -0.1) is 11.3 Å². The Bertz CT molecular complexity index is 931. The number of ketones is 2. The van der Waals surface area contributed by atoms with Crippen LogP contribution in [0.4, 0.5) is 4.39 Å². The van der Waals surface area contributed by atoms with E-state index in [2.05, 4.69) is 4.98 Å². The Kier molecular flexibility index (Phi) is 2.77. The van der Waals surface area contributed by atoms with Crippen LogP contribution in [-0.4, -0.2) is 16.6 Å². The summed E-state index contributed by atoms with van der Waals surface area (Å²) in [6.07, 6.45) is 0. The van der Waals surface area contributed by atoms with Crippen molar-refractivity contribution in [3.8, 4) is 10.6 Å². The van der Waals surface area contributed by atoms with Crippen molar-refractivity contribution in [1.82, 2.24) is 4.98 Å². The average Bonchev–Trinajstić information content (AvgIpc) is 2.99. The molecule has 4 rings (SSSR count). The average molecular weight is 309 g/mol. The van der Waals surface area contributed by atoms with Crippen LogP contribution < -0.4 is 0 Å². The molecule has 0 fully saturated rings. The Balaban J connectivity index is 1.91. The van der Waals surface area contributed by atoms with E-state index in [1.54, 1.807) is 0 Å². The molecular weight excluding hydrogens is 301 g/mol. The zero-order chi connectivity index (χ0) is 15.3. The molecule has 0 aliphatic heterocycles. The molecule has 0 unspecified atom stereocenters. The second-order valence-corrected chi connectivity index (χ2v) is 5.91. The second-order valence-electron chi connectivity index (χ2n) is 4.91. The summed E-state index contributed by atoms with van der Waals surface area (Å²) < 4.78 is 13.4. The van der Waals surface area contributed by atoms with E-state index < -0.39 is 5.82 Å². The predicted molar refractivity (Wildman–Crippen MR) is 80.8 cm³/mol. The highest BCUT2D eigenvalue weighted by molar-refractivity contribution is 7.17. The number of carbonyl (C=O) groups excluding carboxylic acids is 2. The largest absolute Gasteiger partial charge is 0.288 e. The summed E-state index contributed by atoms with van der Waals surface area (Å²) in [5.74, 6) is -1.21. The molecule has 0 saturated heterocycles. The van der Waals surface area contributed by atoms with Gasteiger partial charge in [0.1, 0.15) is 21.4 Å².